The normalized spacial score (nSPS) is 8.62. The van der Waals surface area contributed by atoms with Crippen LogP contribution >= 0.6 is 12.2 Å². The third kappa shape index (κ3) is 3.09. The van der Waals surface area contributed by atoms with E-state index in [1.165, 1.54) is 0 Å². The number of nitriles is 1. The molecular formula is C9H9N3S. The standard InChI is InChI=1S/C9H9N3S/c1-7-3-2-4-8(5-7)12-9(13)11-6-10/h2-5H,1H3,(H2,11,12,13). The molecule has 0 unspecified atom stereocenters. The summed E-state index contributed by atoms with van der Waals surface area (Å²) in [4.78, 5) is 0. The molecule has 0 atom stereocenters. The predicted molar refractivity (Wildman–Crippen MR) is 56.1 cm³/mol. The highest BCUT2D eigenvalue weighted by Crippen LogP contribution is 2.08. The minimum atomic E-state index is 0.313. The van der Waals surface area contributed by atoms with Gasteiger partial charge in [-0.05, 0) is 36.8 Å². The Bertz CT molecular complexity index is 354. The van der Waals surface area contributed by atoms with Crippen molar-refractivity contribution in [3.63, 3.8) is 0 Å². The zero-order valence-electron chi connectivity index (χ0n) is 7.16. The molecule has 0 aromatic heterocycles. The topological polar surface area (TPSA) is 47.8 Å². The van der Waals surface area contributed by atoms with Crippen LogP contribution in [0.4, 0.5) is 5.69 Å². The number of hydrogen-bond donors (Lipinski definition) is 2. The van der Waals surface area contributed by atoms with E-state index in [0.29, 0.717) is 5.11 Å². The second-order valence-corrected chi connectivity index (χ2v) is 2.97. The molecule has 13 heavy (non-hydrogen) atoms. The Hall–Kier alpha value is -1.60. The smallest absolute Gasteiger partial charge is 0.184 e. The molecule has 0 fully saturated rings. The second-order valence-electron chi connectivity index (χ2n) is 2.56. The van der Waals surface area contributed by atoms with Crippen LogP contribution in [0.2, 0.25) is 0 Å². The Morgan fingerprint density at radius 1 is 1.54 bits per heavy atom. The van der Waals surface area contributed by atoms with E-state index in [4.69, 9.17) is 17.5 Å². The van der Waals surface area contributed by atoms with E-state index in [2.05, 4.69) is 10.6 Å². The van der Waals surface area contributed by atoms with Gasteiger partial charge >= 0.3 is 0 Å². The van der Waals surface area contributed by atoms with E-state index in [0.717, 1.165) is 11.3 Å². The molecule has 1 aromatic rings. The van der Waals surface area contributed by atoms with Gasteiger partial charge in [0.2, 0.25) is 0 Å². The number of aryl methyl sites for hydroxylation is 1. The molecule has 4 heteroatoms. The predicted octanol–water partition coefficient (Wildman–Crippen LogP) is 1.76. The molecule has 1 rings (SSSR count). The monoisotopic (exact) mass is 191 g/mol. The summed E-state index contributed by atoms with van der Waals surface area (Å²) in [7, 11) is 0. The molecule has 0 aliphatic carbocycles. The summed E-state index contributed by atoms with van der Waals surface area (Å²) in [5.41, 5.74) is 2.03. The van der Waals surface area contributed by atoms with Gasteiger partial charge in [-0.25, -0.2) is 0 Å². The molecule has 0 saturated heterocycles. The molecule has 66 valence electrons. The van der Waals surface area contributed by atoms with Crippen LogP contribution in [-0.2, 0) is 0 Å². The Morgan fingerprint density at radius 2 is 2.31 bits per heavy atom. The zero-order chi connectivity index (χ0) is 9.68. The first-order chi connectivity index (χ1) is 6.22. The van der Waals surface area contributed by atoms with Crippen molar-refractivity contribution in [3.8, 4) is 6.19 Å². The van der Waals surface area contributed by atoms with Crippen molar-refractivity contribution in [1.82, 2.24) is 5.32 Å². The largest absolute Gasteiger partial charge is 0.332 e. The summed E-state index contributed by atoms with van der Waals surface area (Å²) in [5.74, 6) is 0. The van der Waals surface area contributed by atoms with E-state index in [1.54, 1.807) is 6.19 Å². The number of rotatable bonds is 1. The van der Waals surface area contributed by atoms with Crippen LogP contribution in [0, 0.1) is 18.4 Å². The van der Waals surface area contributed by atoms with Crippen LogP contribution in [0.1, 0.15) is 5.56 Å². The van der Waals surface area contributed by atoms with Gasteiger partial charge in [0, 0.05) is 5.69 Å². The average molecular weight is 191 g/mol. The van der Waals surface area contributed by atoms with E-state index >= 15 is 0 Å². The van der Waals surface area contributed by atoms with Gasteiger partial charge in [0.15, 0.2) is 11.3 Å². The lowest BCUT2D eigenvalue weighted by Crippen LogP contribution is -2.23. The summed E-state index contributed by atoms with van der Waals surface area (Å²) >= 11 is 4.83. The Balaban J connectivity index is 2.65. The van der Waals surface area contributed by atoms with Crippen LogP contribution in [0.25, 0.3) is 0 Å². The Morgan fingerprint density at radius 3 is 2.92 bits per heavy atom. The van der Waals surface area contributed by atoms with Gasteiger partial charge in [-0.1, -0.05) is 12.1 Å². The van der Waals surface area contributed by atoms with Crippen molar-refractivity contribution >= 4 is 23.0 Å². The molecule has 0 spiro atoms. The van der Waals surface area contributed by atoms with Gasteiger partial charge in [-0.15, -0.1) is 0 Å². The van der Waals surface area contributed by atoms with E-state index in [1.807, 2.05) is 31.2 Å². The number of nitrogens with one attached hydrogen (secondary N) is 2. The lowest BCUT2D eigenvalue weighted by Gasteiger charge is -2.05. The number of nitrogens with zero attached hydrogens (tertiary/aromatic N) is 1. The Kier molecular flexibility index (Phi) is 3.23. The molecule has 0 aliphatic rings. The van der Waals surface area contributed by atoms with Crippen molar-refractivity contribution in [2.45, 2.75) is 6.92 Å². The van der Waals surface area contributed by atoms with Gasteiger partial charge in [0.1, 0.15) is 0 Å². The number of thiocarbonyl (C=S) groups is 1. The summed E-state index contributed by atoms with van der Waals surface area (Å²) in [6.07, 6.45) is 1.75. The molecule has 0 saturated carbocycles. The van der Waals surface area contributed by atoms with Gasteiger partial charge in [-0.2, -0.15) is 5.26 Å². The molecular weight excluding hydrogens is 182 g/mol. The van der Waals surface area contributed by atoms with Crippen molar-refractivity contribution in [2.75, 3.05) is 5.32 Å². The van der Waals surface area contributed by atoms with Crippen LogP contribution in [-0.4, -0.2) is 5.11 Å². The fourth-order valence-electron chi connectivity index (χ4n) is 0.936. The second kappa shape index (κ2) is 4.43. The van der Waals surface area contributed by atoms with Crippen molar-refractivity contribution in [1.29, 1.82) is 5.26 Å². The lowest BCUT2D eigenvalue weighted by molar-refractivity contribution is 1.28. The maximum Gasteiger partial charge on any atom is 0.184 e. The highest BCUT2D eigenvalue weighted by atomic mass is 32.1. The van der Waals surface area contributed by atoms with E-state index in [-0.39, 0.29) is 0 Å². The lowest BCUT2D eigenvalue weighted by atomic mass is 10.2. The average Bonchev–Trinajstić information content (AvgIpc) is 2.04. The van der Waals surface area contributed by atoms with Crippen molar-refractivity contribution in [3.05, 3.63) is 29.8 Å². The first-order valence-corrected chi connectivity index (χ1v) is 4.16. The highest BCUT2D eigenvalue weighted by molar-refractivity contribution is 7.80. The van der Waals surface area contributed by atoms with Gasteiger partial charge in [-0.3, -0.25) is 5.32 Å². The summed E-state index contributed by atoms with van der Waals surface area (Å²) in [6.45, 7) is 1.99. The summed E-state index contributed by atoms with van der Waals surface area (Å²) in [5, 5.41) is 13.8. The number of benzene rings is 1. The third-order valence-corrected chi connectivity index (χ3v) is 1.65. The minimum absolute atomic E-state index is 0.313. The molecule has 0 heterocycles. The molecule has 0 aliphatic heterocycles. The minimum Gasteiger partial charge on any atom is -0.332 e. The van der Waals surface area contributed by atoms with Crippen LogP contribution in [0.3, 0.4) is 0 Å². The SMILES string of the molecule is Cc1cccc(NC(=S)NC#N)c1. The van der Waals surface area contributed by atoms with Crippen LogP contribution in [0.15, 0.2) is 24.3 Å². The number of hydrogen-bond acceptors (Lipinski definition) is 2. The molecule has 2 N–H and O–H groups in total. The summed E-state index contributed by atoms with van der Waals surface area (Å²) < 4.78 is 0. The molecule has 3 nitrogen and oxygen atoms in total. The molecule has 1 aromatic carbocycles. The first kappa shape index (κ1) is 9.49. The fourth-order valence-corrected chi connectivity index (χ4v) is 1.10. The van der Waals surface area contributed by atoms with Crippen LogP contribution < -0.4 is 10.6 Å². The zero-order valence-corrected chi connectivity index (χ0v) is 7.98. The Labute approximate surface area is 82.4 Å². The molecule has 0 amide bonds. The molecule has 0 bridgehead atoms. The van der Waals surface area contributed by atoms with Gasteiger partial charge in [0.05, 0.1) is 0 Å². The number of anilines is 1. The quantitative estimate of drug-likeness (QED) is 0.403. The highest BCUT2D eigenvalue weighted by Gasteiger charge is 1.95. The molecule has 0 radical (unpaired) electrons. The first-order valence-electron chi connectivity index (χ1n) is 3.75. The van der Waals surface area contributed by atoms with Crippen molar-refractivity contribution in [2.24, 2.45) is 0 Å². The third-order valence-electron chi connectivity index (χ3n) is 1.45. The fraction of sp³-hybridized carbons (Fsp3) is 0.111. The van der Waals surface area contributed by atoms with Gasteiger partial charge in [0.25, 0.3) is 0 Å². The van der Waals surface area contributed by atoms with Crippen molar-refractivity contribution < 1.29 is 0 Å². The van der Waals surface area contributed by atoms with Gasteiger partial charge < -0.3 is 5.32 Å². The summed E-state index contributed by atoms with van der Waals surface area (Å²) in [6, 6.07) is 7.75. The van der Waals surface area contributed by atoms with E-state index < -0.39 is 0 Å². The van der Waals surface area contributed by atoms with Crippen LogP contribution in [0.5, 0.6) is 0 Å². The maximum atomic E-state index is 8.28. The van der Waals surface area contributed by atoms with E-state index in [9.17, 15) is 0 Å². The maximum absolute atomic E-state index is 8.28.